The molecule has 0 bridgehead atoms. The van der Waals surface area contributed by atoms with Crippen LogP contribution in [0.2, 0.25) is 0 Å². The van der Waals surface area contributed by atoms with Gasteiger partial charge < -0.3 is 0 Å². The quantitative estimate of drug-likeness (QED) is 0.789. The molecule has 100 valence electrons. The number of allylic oxidation sites excluding steroid dienone is 1. The molecule has 1 aromatic carbocycles. The fourth-order valence-corrected chi connectivity index (χ4v) is 4.81. The predicted molar refractivity (Wildman–Crippen MR) is 80.2 cm³/mol. The Bertz CT molecular complexity index is 671. The highest BCUT2D eigenvalue weighted by Gasteiger charge is 2.26. The van der Waals surface area contributed by atoms with E-state index < -0.39 is 0 Å². The van der Waals surface area contributed by atoms with Crippen LogP contribution in [0.25, 0.3) is 5.70 Å². The molecule has 1 fully saturated rings. The molecular formula is C14H10FN3S2. The normalized spacial score (nSPS) is 20.7. The maximum absolute atomic E-state index is 12.9. The first kappa shape index (κ1) is 13.3. The van der Waals surface area contributed by atoms with Crippen molar-refractivity contribution in [2.75, 3.05) is 5.75 Å². The van der Waals surface area contributed by atoms with Crippen LogP contribution in [0.5, 0.6) is 0 Å². The van der Waals surface area contributed by atoms with Crippen molar-refractivity contribution >= 4 is 29.2 Å². The van der Waals surface area contributed by atoms with Gasteiger partial charge in [-0.05, 0) is 17.7 Å². The Hall–Kier alpha value is -1.71. The van der Waals surface area contributed by atoms with E-state index in [9.17, 15) is 9.65 Å². The molecule has 0 saturated carbocycles. The van der Waals surface area contributed by atoms with Crippen LogP contribution in [-0.2, 0) is 0 Å². The zero-order valence-electron chi connectivity index (χ0n) is 10.4. The summed E-state index contributed by atoms with van der Waals surface area (Å²) < 4.78 is 15.7. The van der Waals surface area contributed by atoms with Gasteiger partial charge in [0.1, 0.15) is 17.6 Å². The summed E-state index contributed by atoms with van der Waals surface area (Å²) in [6, 6.07) is 8.79. The second-order valence-corrected chi connectivity index (χ2v) is 6.69. The van der Waals surface area contributed by atoms with E-state index in [2.05, 4.69) is 11.1 Å². The Morgan fingerprint density at radius 3 is 2.85 bits per heavy atom. The topological polar surface area (TPSA) is 41.6 Å². The second-order valence-electron chi connectivity index (χ2n) is 4.19. The average molecular weight is 303 g/mol. The van der Waals surface area contributed by atoms with E-state index in [0.717, 1.165) is 15.6 Å². The summed E-state index contributed by atoms with van der Waals surface area (Å²) in [7, 11) is 0. The van der Waals surface area contributed by atoms with Gasteiger partial charge in [-0.1, -0.05) is 12.1 Å². The summed E-state index contributed by atoms with van der Waals surface area (Å²) in [5, 5.41) is 9.57. The summed E-state index contributed by atoms with van der Waals surface area (Å²) >= 11 is 3.31. The van der Waals surface area contributed by atoms with Crippen LogP contribution in [0.4, 0.5) is 4.39 Å². The molecule has 6 heteroatoms. The zero-order chi connectivity index (χ0) is 13.9. The lowest BCUT2D eigenvalue weighted by molar-refractivity contribution is 0.627. The Morgan fingerprint density at radius 1 is 1.40 bits per heavy atom. The molecule has 2 heterocycles. The molecular weight excluding hydrogens is 293 g/mol. The lowest BCUT2D eigenvalue weighted by Crippen LogP contribution is -1.93. The maximum atomic E-state index is 12.9. The Balaban J connectivity index is 1.86. The first-order valence-corrected chi connectivity index (χ1v) is 7.82. The van der Waals surface area contributed by atoms with Crippen molar-refractivity contribution in [2.24, 2.45) is 0 Å². The Kier molecular flexibility index (Phi) is 3.81. The summed E-state index contributed by atoms with van der Waals surface area (Å²) in [5.74, 6) is 0.655. The second kappa shape index (κ2) is 5.73. The van der Waals surface area contributed by atoms with E-state index >= 15 is 0 Å². The summed E-state index contributed by atoms with van der Waals surface area (Å²) in [6.45, 7) is 0. The number of hydrogen-bond acceptors (Lipinski definition) is 4. The molecule has 0 N–H and O–H groups in total. The van der Waals surface area contributed by atoms with Crippen molar-refractivity contribution in [1.82, 2.24) is 9.55 Å². The van der Waals surface area contributed by atoms with E-state index in [1.807, 2.05) is 0 Å². The van der Waals surface area contributed by atoms with Gasteiger partial charge in [0.05, 0.1) is 10.6 Å². The van der Waals surface area contributed by atoms with Gasteiger partial charge in [-0.3, -0.25) is 4.57 Å². The molecule has 0 aliphatic carbocycles. The summed E-state index contributed by atoms with van der Waals surface area (Å²) in [5.41, 5.74) is 1.68. The number of halogens is 1. The van der Waals surface area contributed by atoms with Crippen LogP contribution in [0, 0.1) is 17.1 Å². The predicted octanol–water partition coefficient (Wildman–Crippen LogP) is 3.89. The lowest BCUT2D eigenvalue weighted by Gasteiger charge is -2.07. The third kappa shape index (κ3) is 2.60. The molecule has 0 spiro atoms. The minimum Gasteiger partial charge on any atom is -0.296 e. The van der Waals surface area contributed by atoms with Crippen molar-refractivity contribution in [2.45, 2.75) is 5.25 Å². The standard InChI is InChI=1S/C14H10FN3S2/c15-11-3-1-10(2-4-11)13-8-19-14(20-13)12(7-16)18-6-5-17-9-18/h1-6,9,13H,8H2. The number of hydrogen-bond donors (Lipinski definition) is 0. The number of benzene rings is 1. The first-order valence-electron chi connectivity index (χ1n) is 5.95. The number of nitriles is 1. The number of nitrogens with zero attached hydrogens (tertiary/aromatic N) is 3. The highest BCUT2D eigenvalue weighted by atomic mass is 32.2. The minimum atomic E-state index is -0.226. The van der Waals surface area contributed by atoms with Crippen LogP contribution >= 0.6 is 23.5 Å². The smallest absolute Gasteiger partial charge is 0.145 e. The van der Waals surface area contributed by atoms with Crippen molar-refractivity contribution in [3.8, 4) is 6.07 Å². The third-order valence-electron chi connectivity index (χ3n) is 2.92. The van der Waals surface area contributed by atoms with E-state index in [1.165, 1.54) is 12.1 Å². The number of imidazole rings is 1. The van der Waals surface area contributed by atoms with Gasteiger partial charge in [0, 0.05) is 23.4 Å². The number of thioether (sulfide) groups is 2. The van der Waals surface area contributed by atoms with Gasteiger partial charge in [-0.2, -0.15) is 5.26 Å². The first-order chi connectivity index (χ1) is 9.78. The zero-order valence-corrected chi connectivity index (χ0v) is 12.0. The highest BCUT2D eigenvalue weighted by molar-refractivity contribution is 8.25. The molecule has 3 rings (SSSR count). The molecule has 1 aliphatic heterocycles. The van der Waals surface area contributed by atoms with Crippen LogP contribution in [-0.4, -0.2) is 15.3 Å². The summed E-state index contributed by atoms with van der Waals surface area (Å²) in [6.07, 6.45) is 5.04. The van der Waals surface area contributed by atoms with E-state index in [4.69, 9.17) is 0 Å². The molecule has 20 heavy (non-hydrogen) atoms. The van der Waals surface area contributed by atoms with Crippen molar-refractivity contribution < 1.29 is 4.39 Å². The van der Waals surface area contributed by atoms with Gasteiger partial charge in [0.25, 0.3) is 0 Å². The third-order valence-corrected chi connectivity index (χ3v) is 5.86. The largest absolute Gasteiger partial charge is 0.296 e. The summed E-state index contributed by atoms with van der Waals surface area (Å²) in [4.78, 5) is 3.97. The molecule has 0 amide bonds. The van der Waals surface area contributed by atoms with Crippen LogP contribution < -0.4 is 0 Å². The SMILES string of the molecule is N#CC(=C1SCC(c2ccc(F)cc2)S1)n1ccnc1. The molecule has 3 nitrogen and oxygen atoms in total. The monoisotopic (exact) mass is 303 g/mol. The number of aromatic nitrogens is 2. The van der Waals surface area contributed by atoms with Crippen LogP contribution in [0.1, 0.15) is 10.8 Å². The van der Waals surface area contributed by atoms with Crippen molar-refractivity contribution in [3.63, 3.8) is 0 Å². The fourth-order valence-electron chi connectivity index (χ4n) is 1.91. The van der Waals surface area contributed by atoms with E-state index in [0.29, 0.717) is 5.70 Å². The minimum absolute atomic E-state index is 0.226. The highest BCUT2D eigenvalue weighted by Crippen LogP contribution is 2.51. The Morgan fingerprint density at radius 2 is 2.20 bits per heavy atom. The van der Waals surface area contributed by atoms with Crippen LogP contribution in [0.3, 0.4) is 0 Å². The van der Waals surface area contributed by atoms with Gasteiger partial charge in [0.15, 0.2) is 0 Å². The van der Waals surface area contributed by atoms with Gasteiger partial charge in [-0.25, -0.2) is 9.37 Å². The molecule has 0 radical (unpaired) electrons. The molecule has 1 unspecified atom stereocenters. The lowest BCUT2D eigenvalue weighted by atomic mass is 10.2. The Labute approximate surface area is 124 Å². The molecule has 1 aromatic heterocycles. The average Bonchev–Trinajstić information content (AvgIpc) is 3.12. The van der Waals surface area contributed by atoms with Crippen molar-refractivity contribution in [3.05, 3.63) is 58.6 Å². The van der Waals surface area contributed by atoms with Gasteiger partial charge in [-0.15, -0.1) is 23.5 Å². The van der Waals surface area contributed by atoms with E-state index in [-0.39, 0.29) is 11.1 Å². The van der Waals surface area contributed by atoms with Gasteiger partial charge in [0.2, 0.25) is 0 Å². The van der Waals surface area contributed by atoms with Crippen molar-refractivity contribution in [1.29, 1.82) is 5.26 Å². The molecule has 1 saturated heterocycles. The fraction of sp³-hybridized carbons (Fsp3) is 0.143. The maximum Gasteiger partial charge on any atom is 0.145 e. The van der Waals surface area contributed by atoms with Crippen LogP contribution in [0.15, 0.2) is 47.2 Å². The number of rotatable bonds is 2. The van der Waals surface area contributed by atoms with E-state index in [1.54, 1.807) is 58.9 Å². The molecule has 1 atom stereocenters. The molecule has 1 aliphatic rings. The van der Waals surface area contributed by atoms with Gasteiger partial charge >= 0.3 is 0 Å². The molecule has 2 aromatic rings.